The van der Waals surface area contributed by atoms with Crippen LogP contribution in [-0.2, 0) is 11.8 Å². The standard InChI is InChI=1S/C14H19N5O/c1-10-6-7-13(20-10)9-15-12-5-3-4-11(8-12)14-16-17-18-19(14)2/h3-5,8,10,13,15H,6-7,9H2,1-2H3. The summed E-state index contributed by atoms with van der Waals surface area (Å²) in [4.78, 5) is 0. The van der Waals surface area contributed by atoms with Crippen molar-refractivity contribution in [2.75, 3.05) is 11.9 Å². The summed E-state index contributed by atoms with van der Waals surface area (Å²) in [6.07, 6.45) is 2.97. The van der Waals surface area contributed by atoms with E-state index in [0.717, 1.165) is 36.5 Å². The fourth-order valence-electron chi connectivity index (χ4n) is 2.51. The number of ether oxygens (including phenoxy) is 1. The zero-order valence-corrected chi connectivity index (χ0v) is 11.8. The lowest BCUT2D eigenvalue weighted by Crippen LogP contribution is -2.19. The van der Waals surface area contributed by atoms with E-state index in [9.17, 15) is 0 Å². The number of hydrogen-bond donors (Lipinski definition) is 1. The van der Waals surface area contributed by atoms with Gasteiger partial charge in [0.25, 0.3) is 0 Å². The molecule has 1 saturated heterocycles. The normalized spacial score (nSPS) is 22.1. The Labute approximate surface area is 118 Å². The predicted molar refractivity (Wildman–Crippen MR) is 76.3 cm³/mol. The Kier molecular flexibility index (Phi) is 3.64. The minimum atomic E-state index is 0.310. The average Bonchev–Trinajstić information content (AvgIpc) is 3.05. The van der Waals surface area contributed by atoms with Crippen LogP contribution in [0.3, 0.4) is 0 Å². The summed E-state index contributed by atoms with van der Waals surface area (Å²) in [7, 11) is 1.84. The van der Waals surface area contributed by atoms with Gasteiger partial charge in [0, 0.05) is 24.8 Å². The van der Waals surface area contributed by atoms with Crippen molar-refractivity contribution < 1.29 is 4.74 Å². The van der Waals surface area contributed by atoms with E-state index in [0.29, 0.717) is 12.2 Å². The molecule has 6 nitrogen and oxygen atoms in total. The van der Waals surface area contributed by atoms with Crippen molar-refractivity contribution in [3.05, 3.63) is 24.3 Å². The van der Waals surface area contributed by atoms with Crippen LogP contribution in [0.15, 0.2) is 24.3 Å². The molecule has 106 valence electrons. The molecule has 0 amide bonds. The highest BCUT2D eigenvalue weighted by atomic mass is 16.5. The third-order valence-electron chi connectivity index (χ3n) is 3.59. The maximum atomic E-state index is 5.81. The van der Waals surface area contributed by atoms with Crippen LogP contribution in [0.5, 0.6) is 0 Å². The molecule has 1 aliphatic heterocycles. The van der Waals surface area contributed by atoms with E-state index in [1.165, 1.54) is 0 Å². The highest BCUT2D eigenvalue weighted by Crippen LogP contribution is 2.22. The molecule has 0 saturated carbocycles. The first-order chi connectivity index (χ1) is 9.72. The molecule has 2 aromatic rings. The second-order valence-electron chi connectivity index (χ2n) is 5.23. The van der Waals surface area contributed by atoms with Gasteiger partial charge in [-0.05, 0) is 42.3 Å². The molecular formula is C14H19N5O. The van der Waals surface area contributed by atoms with Crippen LogP contribution in [0.4, 0.5) is 5.69 Å². The molecule has 0 spiro atoms. The van der Waals surface area contributed by atoms with Crippen LogP contribution in [0.1, 0.15) is 19.8 Å². The zero-order chi connectivity index (χ0) is 13.9. The van der Waals surface area contributed by atoms with Gasteiger partial charge in [-0.3, -0.25) is 0 Å². The summed E-state index contributed by atoms with van der Waals surface area (Å²) in [5, 5.41) is 15.0. The van der Waals surface area contributed by atoms with E-state index >= 15 is 0 Å². The van der Waals surface area contributed by atoms with Gasteiger partial charge in [-0.15, -0.1) is 5.10 Å². The predicted octanol–water partition coefficient (Wildman–Crippen LogP) is 1.86. The van der Waals surface area contributed by atoms with Gasteiger partial charge in [-0.1, -0.05) is 12.1 Å². The maximum Gasteiger partial charge on any atom is 0.181 e. The number of aryl methyl sites for hydroxylation is 1. The number of aromatic nitrogens is 4. The summed E-state index contributed by atoms with van der Waals surface area (Å²) >= 11 is 0. The van der Waals surface area contributed by atoms with E-state index in [2.05, 4.69) is 33.8 Å². The Morgan fingerprint density at radius 3 is 3.00 bits per heavy atom. The van der Waals surface area contributed by atoms with E-state index in [-0.39, 0.29) is 0 Å². The second-order valence-corrected chi connectivity index (χ2v) is 5.23. The van der Waals surface area contributed by atoms with Crippen LogP contribution in [0.2, 0.25) is 0 Å². The van der Waals surface area contributed by atoms with Crippen LogP contribution in [0.25, 0.3) is 11.4 Å². The van der Waals surface area contributed by atoms with Crippen molar-refractivity contribution in [3.8, 4) is 11.4 Å². The highest BCUT2D eigenvalue weighted by Gasteiger charge is 2.21. The molecule has 1 N–H and O–H groups in total. The summed E-state index contributed by atoms with van der Waals surface area (Å²) in [5.74, 6) is 0.763. The Balaban J connectivity index is 1.67. The lowest BCUT2D eigenvalue weighted by molar-refractivity contribution is 0.0637. The van der Waals surface area contributed by atoms with Gasteiger partial charge in [0.2, 0.25) is 0 Å². The molecule has 1 fully saturated rings. The maximum absolute atomic E-state index is 5.81. The Morgan fingerprint density at radius 1 is 1.40 bits per heavy atom. The lowest BCUT2D eigenvalue weighted by Gasteiger charge is -2.13. The monoisotopic (exact) mass is 273 g/mol. The van der Waals surface area contributed by atoms with Gasteiger partial charge in [0.1, 0.15) is 0 Å². The molecule has 6 heteroatoms. The first kappa shape index (κ1) is 13.1. The number of anilines is 1. The van der Waals surface area contributed by atoms with Gasteiger partial charge in [0.15, 0.2) is 5.82 Å². The van der Waals surface area contributed by atoms with Gasteiger partial charge in [-0.2, -0.15) is 0 Å². The summed E-state index contributed by atoms with van der Waals surface area (Å²) in [6, 6.07) is 8.12. The first-order valence-corrected chi connectivity index (χ1v) is 6.94. The van der Waals surface area contributed by atoms with E-state index in [1.54, 1.807) is 4.68 Å². The molecule has 2 atom stereocenters. The largest absolute Gasteiger partial charge is 0.382 e. The zero-order valence-electron chi connectivity index (χ0n) is 11.8. The molecule has 0 bridgehead atoms. The van der Waals surface area contributed by atoms with Crippen molar-refractivity contribution in [2.45, 2.75) is 32.0 Å². The molecule has 2 unspecified atom stereocenters. The molecule has 20 heavy (non-hydrogen) atoms. The van der Waals surface area contributed by atoms with E-state index in [1.807, 2.05) is 25.2 Å². The summed E-state index contributed by atoms with van der Waals surface area (Å²) in [5.41, 5.74) is 2.07. The van der Waals surface area contributed by atoms with Crippen LogP contribution >= 0.6 is 0 Å². The quantitative estimate of drug-likeness (QED) is 0.921. The summed E-state index contributed by atoms with van der Waals surface area (Å²) in [6.45, 7) is 2.96. The topological polar surface area (TPSA) is 64.9 Å². The molecule has 2 heterocycles. The molecule has 1 aromatic carbocycles. The number of tetrazole rings is 1. The van der Waals surface area contributed by atoms with E-state index < -0.39 is 0 Å². The van der Waals surface area contributed by atoms with Gasteiger partial charge >= 0.3 is 0 Å². The van der Waals surface area contributed by atoms with Crippen molar-refractivity contribution in [1.29, 1.82) is 0 Å². The molecule has 1 aliphatic rings. The number of hydrogen-bond acceptors (Lipinski definition) is 5. The van der Waals surface area contributed by atoms with Gasteiger partial charge in [-0.25, -0.2) is 4.68 Å². The lowest BCUT2D eigenvalue weighted by atomic mass is 10.1. The number of nitrogens with one attached hydrogen (secondary N) is 1. The smallest absolute Gasteiger partial charge is 0.181 e. The van der Waals surface area contributed by atoms with Crippen molar-refractivity contribution in [1.82, 2.24) is 20.2 Å². The highest BCUT2D eigenvalue weighted by molar-refractivity contribution is 5.62. The third kappa shape index (κ3) is 2.80. The van der Waals surface area contributed by atoms with Crippen LogP contribution in [-0.4, -0.2) is 39.0 Å². The Bertz CT molecular complexity index is 582. The van der Waals surface area contributed by atoms with Crippen molar-refractivity contribution in [3.63, 3.8) is 0 Å². The fraction of sp³-hybridized carbons (Fsp3) is 0.500. The first-order valence-electron chi connectivity index (χ1n) is 6.94. The molecular weight excluding hydrogens is 254 g/mol. The van der Waals surface area contributed by atoms with Crippen molar-refractivity contribution in [2.24, 2.45) is 7.05 Å². The SMILES string of the molecule is CC1CCC(CNc2cccc(-c3nnnn3C)c2)O1. The van der Waals surface area contributed by atoms with Gasteiger partial charge < -0.3 is 10.1 Å². The third-order valence-corrected chi connectivity index (χ3v) is 3.59. The molecule has 3 rings (SSSR count). The molecule has 1 aromatic heterocycles. The number of rotatable bonds is 4. The Hall–Kier alpha value is -1.95. The minimum absolute atomic E-state index is 0.310. The second kappa shape index (κ2) is 5.58. The Morgan fingerprint density at radius 2 is 2.30 bits per heavy atom. The van der Waals surface area contributed by atoms with Gasteiger partial charge in [0.05, 0.1) is 12.2 Å². The average molecular weight is 273 g/mol. The molecule has 0 radical (unpaired) electrons. The summed E-state index contributed by atoms with van der Waals surface area (Å²) < 4.78 is 7.47. The fourth-order valence-corrected chi connectivity index (χ4v) is 2.51. The minimum Gasteiger partial charge on any atom is -0.382 e. The van der Waals surface area contributed by atoms with Crippen LogP contribution in [0, 0.1) is 0 Å². The van der Waals surface area contributed by atoms with Crippen molar-refractivity contribution >= 4 is 5.69 Å². The van der Waals surface area contributed by atoms with Crippen LogP contribution < -0.4 is 5.32 Å². The molecule has 0 aliphatic carbocycles. The van der Waals surface area contributed by atoms with E-state index in [4.69, 9.17) is 4.74 Å². The number of benzene rings is 1. The number of nitrogens with zero attached hydrogens (tertiary/aromatic N) is 4.